The van der Waals surface area contributed by atoms with Crippen LogP contribution in [0.25, 0.3) is 0 Å². The van der Waals surface area contributed by atoms with Gasteiger partial charge in [-0.2, -0.15) is 4.98 Å². The molecular formula is C13H14ClN3O2S. The first kappa shape index (κ1) is 13.9. The number of aromatic nitrogens is 2. The zero-order valence-corrected chi connectivity index (χ0v) is 12.2. The van der Waals surface area contributed by atoms with Gasteiger partial charge < -0.3 is 14.9 Å². The molecule has 1 fully saturated rings. The molecule has 20 heavy (non-hydrogen) atoms. The predicted octanol–water partition coefficient (Wildman–Crippen LogP) is 2.41. The fourth-order valence-corrected chi connectivity index (χ4v) is 2.92. The molecule has 2 aromatic rings. The van der Waals surface area contributed by atoms with Crippen molar-refractivity contribution in [1.82, 2.24) is 15.5 Å². The average Bonchev–Trinajstić information content (AvgIpc) is 3.07. The van der Waals surface area contributed by atoms with E-state index in [9.17, 15) is 5.11 Å². The molecule has 2 heterocycles. The van der Waals surface area contributed by atoms with Gasteiger partial charge in [0, 0.05) is 16.5 Å². The van der Waals surface area contributed by atoms with Gasteiger partial charge in [-0.05, 0) is 30.7 Å². The van der Waals surface area contributed by atoms with Gasteiger partial charge in [0.05, 0.1) is 17.9 Å². The standard InChI is InChI=1S/C13H14ClN3O2S/c14-8-1-3-10(4-2-8)20-7-12-16-13(19-17-12)11-5-9(18)6-15-11/h1-4,9,11,15,18H,5-7H2/t9-,11-/m0/s1. The van der Waals surface area contributed by atoms with Crippen LogP contribution in [-0.2, 0) is 5.75 Å². The number of hydrogen-bond donors (Lipinski definition) is 2. The molecular weight excluding hydrogens is 298 g/mol. The highest BCUT2D eigenvalue weighted by Crippen LogP contribution is 2.25. The van der Waals surface area contributed by atoms with Crippen molar-refractivity contribution in [3.63, 3.8) is 0 Å². The third-order valence-electron chi connectivity index (χ3n) is 3.07. The maximum atomic E-state index is 9.47. The number of benzene rings is 1. The zero-order valence-electron chi connectivity index (χ0n) is 10.6. The summed E-state index contributed by atoms with van der Waals surface area (Å²) < 4.78 is 5.24. The van der Waals surface area contributed by atoms with Crippen molar-refractivity contribution in [2.45, 2.75) is 29.2 Å². The van der Waals surface area contributed by atoms with Crippen LogP contribution in [0.1, 0.15) is 24.2 Å². The third-order valence-corrected chi connectivity index (χ3v) is 4.33. The lowest BCUT2D eigenvalue weighted by atomic mass is 10.2. The first-order valence-electron chi connectivity index (χ1n) is 6.33. The molecule has 3 rings (SSSR count). The van der Waals surface area contributed by atoms with E-state index < -0.39 is 0 Å². The maximum Gasteiger partial charge on any atom is 0.243 e. The molecule has 0 saturated carbocycles. The highest BCUT2D eigenvalue weighted by molar-refractivity contribution is 7.98. The zero-order chi connectivity index (χ0) is 13.9. The molecule has 0 aliphatic carbocycles. The normalized spacial score (nSPS) is 22.3. The van der Waals surface area contributed by atoms with Gasteiger partial charge in [-0.1, -0.05) is 16.8 Å². The summed E-state index contributed by atoms with van der Waals surface area (Å²) in [5, 5.41) is 17.3. The Morgan fingerprint density at radius 3 is 2.90 bits per heavy atom. The van der Waals surface area contributed by atoms with Gasteiger partial charge >= 0.3 is 0 Å². The Morgan fingerprint density at radius 1 is 1.40 bits per heavy atom. The fraction of sp³-hybridized carbons (Fsp3) is 0.385. The molecule has 2 atom stereocenters. The number of thioether (sulfide) groups is 1. The number of nitrogens with one attached hydrogen (secondary N) is 1. The second-order valence-corrected chi connectivity index (χ2v) is 6.13. The lowest BCUT2D eigenvalue weighted by molar-refractivity contribution is 0.191. The molecule has 0 amide bonds. The van der Waals surface area contributed by atoms with E-state index in [1.165, 1.54) is 0 Å². The first-order chi connectivity index (χ1) is 9.70. The van der Waals surface area contributed by atoms with Crippen LogP contribution < -0.4 is 5.32 Å². The van der Waals surface area contributed by atoms with E-state index in [-0.39, 0.29) is 12.1 Å². The van der Waals surface area contributed by atoms with Crippen LogP contribution >= 0.6 is 23.4 Å². The molecule has 2 N–H and O–H groups in total. The van der Waals surface area contributed by atoms with Gasteiger partial charge in [-0.25, -0.2) is 0 Å². The lowest BCUT2D eigenvalue weighted by Gasteiger charge is -2.01. The molecule has 1 aliphatic heterocycles. The first-order valence-corrected chi connectivity index (χ1v) is 7.69. The monoisotopic (exact) mass is 311 g/mol. The van der Waals surface area contributed by atoms with Crippen molar-refractivity contribution in [2.75, 3.05) is 6.54 Å². The van der Waals surface area contributed by atoms with Crippen LogP contribution in [0.2, 0.25) is 5.02 Å². The van der Waals surface area contributed by atoms with Crippen LogP contribution in [0, 0.1) is 0 Å². The minimum Gasteiger partial charge on any atom is -0.392 e. The Balaban J connectivity index is 1.58. The fourth-order valence-electron chi connectivity index (χ4n) is 2.05. The summed E-state index contributed by atoms with van der Waals surface area (Å²) in [6.45, 7) is 0.571. The average molecular weight is 312 g/mol. The van der Waals surface area contributed by atoms with Crippen LogP contribution in [0.15, 0.2) is 33.7 Å². The van der Waals surface area contributed by atoms with E-state index >= 15 is 0 Å². The number of rotatable bonds is 4. The van der Waals surface area contributed by atoms with Gasteiger partial charge in [0.1, 0.15) is 0 Å². The summed E-state index contributed by atoms with van der Waals surface area (Å²) in [6.07, 6.45) is 0.283. The highest BCUT2D eigenvalue weighted by Gasteiger charge is 2.27. The van der Waals surface area contributed by atoms with Crippen molar-refractivity contribution in [2.24, 2.45) is 0 Å². The summed E-state index contributed by atoms with van der Waals surface area (Å²) in [5.41, 5.74) is 0. The molecule has 5 nitrogen and oxygen atoms in total. The third kappa shape index (κ3) is 3.32. The molecule has 7 heteroatoms. The van der Waals surface area contributed by atoms with Gasteiger partial charge in [0.15, 0.2) is 5.82 Å². The molecule has 1 aliphatic rings. The number of aliphatic hydroxyl groups is 1. The van der Waals surface area contributed by atoms with Crippen molar-refractivity contribution < 1.29 is 9.63 Å². The minimum absolute atomic E-state index is 0.0354. The van der Waals surface area contributed by atoms with E-state index in [0.717, 1.165) is 9.92 Å². The second-order valence-electron chi connectivity index (χ2n) is 4.64. The van der Waals surface area contributed by atoms with E-state index in [1.54, 1.807) is 11.8 Å². The maximum absolute atomic E-state index is 9.47. The van der Waals surface area contributed by atoms with E-state index in [0.29, 0.717) is 30.4 Å². The van der Waals surface area contributed by atoms with Gasteiger partial charge in [-0.15, -0.1) is 11.8 Å². The summed E-state index contributed by atoms with van der Waals surface area (Å²) >= 11 is 7.47. The molecule has 1 saturated heterocycles. The molecule has 0 radical (unpaired) electrons. The summed E-state index contributed by atoms with van der Waals surface area (Å²) in [6, 6.07) is 7.60. The van der Waals surface area contributed by atoms with E-state index in [4.69, 9.17) is 16.1 Å². The largest absolute Gasteiger partial charge is 0.392 e. The number of hydrogen-bond acceptors (Lipinski definition) is 6. The minimum atomic E-state index is -0.334. The quantitative estimate of drug-likeness (QED) is 0.845. The topological polar surface area (TPSA) is 71.2 Å². The van der Waals surface area contributed by atoms with Crippen molar-refractivity contribution in [3.05, 3.63) is 41.0 Å². The van der Waals surface area contributed by atoms with Gasteiger partial charge in [-0.3, -0.25) is 0 Å². The number of halogens is 1. The Bertz CT molecular complexity index is 575. The van der Waals surface area contributed by atoms with E-state index in [1.807, 2.05) is 24.3 Å². The second kappa shape index (κ2) is 6.13. The van der Waals surface area contributed by atoms with Crippen molar-refractivity contribution in [1.29, 1.82) is 0 Å². The molecule has 0 bridgehead atoms. The predicted molar refractivity (Wildman–Crippen MR) is 76.7 cm³/mol. The van der Waals surface area contributed by atoms with Gasteiger partial charge in [0.2, 0.25) is 5.89 Å². The lowest BCUT2D eigenvalue weighted by Crippen LogP contribution is -2.15. The SMILES string of the molecule is O[C@@H]1CN[C@H](c2nc(CSc3ccc(Cl)cc3)no2)C1. The summed E-state index contributed by atoms with van der Waals surface area (Å²) in [4.78, 5) is 5.47. The Labute approximate surface area is 125 Å². The van der Waals surface area contributed by atoms with Crippen LogP contribution in [0.4, 0.5) is 0 Å². The highest BCUT2D eigenvalue weighted by atomic mass is 35.5. The molecule has 0 unspecified atom stereocenters. The molecule has 1 aromatic heterocycles. The Kier molecular flexibility index (Phi) is 4.26. The molecule has 0 spiro atoms. The van der Waals surface area contributed by atoms with Crippen molar-refractivity contribution in [3.8, 4) is 0 Å². The van der Waals surface area contributed by atoms with Crippen LogP contribution in [0.5, 0.6) is 0 Å². The smallest absolute Gasteiger partial charge is 0.243 e. The number of β-amino-alcohol motifs (C(OH)–C–C–N with tert-alkyl or cyclic N) is 1. The van der Waals surface area contributed by atoms with Crippen molar-refractivity contribution >= 4 is 23.4 Å². The number of nitrogens with zero attached hydrogens (tertiary/aromatic N) is 2. The Hall–Kier alpha value is -1.08. The molecule has 1 aromatic carbocycles. The Morgan fingerprint density at radius 2 is 2.20 bits per heavy atom. The number of aliphatic hydroxyl groups excluding tert-OH is 1. The van der Waals surface area contributed by atoms with E-state index in [2.05, 4.69) is 15.5 Å². The summed E-state index contributed by atoms with van der Waals surface area (Å²) in [7, 11) is 0. The summed E-state index contributed by atoms with van der Waals surface area (Å²) in [5.74, 6) is 1.84. The van der Waals surface area contributed by atoms with Gasteiger partial charge in [0.25, 0.3) is 0 Å². The van der Waals surface area contributed by atoms with Crippen LogP contribution in [0.3, 0.4) is 0 Å². The molecule has 106 valence electrons. The van der Waals surface area contributed by atoms with Crippen LogP contribution in [-0.4, -0.2) is 27.9 Å².